The second kappa shape index (κ2) is 8.26. The van der Waals surface area contributed by atoms with E-state index in [2.05, 4.69) is 5.16 Å². The summed E-state index contributed by atoms with van der Waals surface area (Å²) in [6, 6.07) is 1.89. The summed E-state index contributed by atoms with van der Waals surface area (Å²) in [6.45, 7) is 10.1. The van der Waals surface area contributed by atoms with Gasteiger partial charge in [-0.1, -0.05) is 5.16 Å². The molecule has 4 N–H and O–H groups in total. The number of aryl methyl sites for hydroxylation is 2. The Morgan fingerprint density at radius 3 is 1.44 bits per heavy atom. The van der Waals surface area contributed by atoms with E-state index in [0.29, 0.717) is 0 Å². The molecular weight excluding hydrogens is 237 g/mol. The number of rotatable bonds is 1. The molecule has 0 unspecified atom stereocenters. The molecule has 1 rings (SSSR count). The maximum atomic E-state index is 9.10. The minimum absolute atomic E-state index is 0.750. The minimum Gasteiger partial charge on any atom is -0.430 e. The molecule has 0 atom stereocenters. The molecule has 106 valence electrons. The summed E-state index contributed by atoms with van der Waals surface area (Å²) in [4.78, 5) is 0. The van der Waals surface area contributed by atoms with Crippen LogP contribution in [-0.4, -0.2) is 44.3 Å². The van der Waals surface area contributed by atoms with Crippen molar-refractivity contribution in [3.63, 3.8) is 0 Å². The van der Waals surface area contributed by atoms with E-state index in [0.717, 1.165) is 11.5 Å². The van der Waals surface area contributed by atoms with Crippen LogP contribution < -0.4 is 0 Å². The third-order valence-corrected chi connectivity index (χ3v) is 2.24. The molecule has 0 saturated carbocycles. The van der Waals surface area contributed by atoms with Crippen molar-refractivity contribution in [1.82, 2.24) is 5.16 Å². The van der Waals surface area contributed by atoms with Gasteiger partial charge < -0.3 is 24.8 Å². The van der Waals surface area contributed by atoms with Crippen LogP contribution in [0.3, 0.4) is 0 Å². The van der Waals surface area contributed by atoms with Crippen molar-refractivity contribution in [2.24, 2.45) is 0 Å². The molecule has 0 saturated heterocycles. The summed E-state index contributed by atoms with van der Waals surface area (Å²) in [6.07, 6.45) is 0. The van der Waals surface area contributed by atoms with Crippen molar-refractivity contribution in [3.05, 3.63) is 17.5 Å². The highest BCUT2D eigenvalue weighted by Gasteiger charge is 2.31. The highest BCUT2D eigenvalue weighted by atomic mass is 16.5. The summed E-state index contributed by atoms with van der Waals surface area (Å²) in [5.41, 5.74) is -1.07. The normalized spacial score (nSPS) is 10.8. The minimum atomic E-state index is -1.01. The average Bonchev–Trinajstić information content (AvgIpc) is 2.48. The smallest absolute Gasteiger partial charge is 0.430 e. The van der Waals surface area contributed by atoms with Gasteiger partial charge in [-0.05, 0) is 41.5 Å². The Balaban J connectivity index is 0. The van der Waals surface area contributed by atoms with Gasteiger partial charge in [0.25, 0.3) is 0 Å². The Morgan fingerprint density at radius 2 is 1.39 bits per heavy atom. The molecule has 1 aromatic heterocycles. The van der Waals surface area contributed by atoms with Gasteiger partial charge in [0.2, 0.25) is 0 Å². The zero-order valence-corrected chi connectivity index (χ0v) is 11.9. The molecule has 1 heterocycles. The molecule has 0 bridgehead atoms. The number of nitrogens with zero attached hydrogens (tertiary/aromatic N) is 1. The van der Waals surface area contributed by atoms with Gasteiger partial charge in [-0.2, -0.15) is 0 Å². The molecular formula is C11H24BNO5. The van der Waals surface area contributed by atoms with E-state index in [1.165, 1.54) is 0 Å². The lowest BCUT2D eigenvalue weighted by atomic mass is 9.90. The molecule has 0 aliphatic rings. The fourth-order valence-electron chi connectivity index (χ4n) is 0.491. The number of aliphatic hydroxyl groups is 2. The lowest BCUT2D eigenvalue weighted by molar-refractivity contribution is -0.107. The fraction of sp³-hybridized carbons (Fsp3) is 0.727. The maximum absolute atomic E-state index is 9.10. The van der Waals surface area contributed by atoms with E-state index >= 15 is 0 Å². The van der Waals surface area contributed by atoms with E-state index in [9.17, 15) is 0 Å². The van der Waals surface area contributed by atoms with Gasteiger partial charge in [0, 0.05) is 6.07 Å². The Morgan fingerprint density at radius 1 is 1.06 bits per heavy atom. The molecule has 0 aromatic carbocycles. The SMILES string of the molecule is CC(C)(O)C(C)(C)O.Cc1cc(C)on1.OBO. The molecule has 1 aromatic rings. The zero-order chi connectivity index (χ0) is 15.0. The summed E-state index contributed by atoms with van der Waals surface area (Å²) in [7, 11) is -0.750. The van der Waals surface area contributed by atoms with Crippen LogP contribution in [0.2, 0.25) is 0 Å². The Labute approximate surface area is 109 Å². The molecule has 0 spiro atoms. The second-order valence-electron chi connectivity index (χ2n) is 4.84. The van der Waals surface area contributed by atoms with Gasteiger partial charge in [-0.3, -0.25) is 0 Å². The van der Waals surface area contributed by atoms with E-state index in [4.69, 9.17) is 24.8 Å². The third kappa shape index (κ3) is 10.3. The molecule has 0 aliphatic heterocycles. The first-order valence-electron chi connectivity index (χ1n) is 5.52. The molecule has 0 radical (unpaired) electrons. The standard InChI is InChI=1S/C6H14O2.C5H7NO.BH3O2/c1-5(2,7)6(3,4)8;1-4-3-5(2)7-6-4;2-1-3/h7-8H,1-4H3;3H,1-2H3;1-3H. The zero-order valence-electron chi connectivity index (χ0n) is 11.9. The summed E-state index contributed by atoms with van der Waals surface area (Å²) < 4.78 is 4.71. The van der Waals surface area contributed by atoms with Gasteiger partial charge in [0.1, 0.15) is 5.76 Å². The van der Waals surface area contributed by atoms with E-state index in [1.54, 1.807) is 27.7 Å². The number of hydrogen-bond donors (Lipinski definition) is 4. The van der Waals surface area contributed by atoms with Gasteiger partial charge in [-0.15, -0.1) is 0 Å². The van der Waals surface area contributed by atoms with Crippen molar-refractivity contribution in [3.8, 4) is 0 Å². The first-order valence-corrected chi connectivity index (χ1v) is 5.52. The summed E-state index contributed by atoms with van der Waals surface area (Å²) in [5.74, 6) is 0.873. The van der Waals surface area contributed by atoms with Crippen LogP contribution in [0.5, 0.6) is 0 Å². The monoisotopic (exact) mass is 261 g/mol. The summed E-state index contributed by atoms with van der Waals surface area (Å²) >= 11 is 0. The third-order valence-electron chi connectivity index (χ3n) is 2.24. The predicted octanol–water partition coefficient (Wildman–Crippen LogP) is 0.0571. The first-order chi connectivity index (χ1) is 7.95. The summed E-state index contributed by atoms with van der Waals surface area (Å²) in [5, 5.41) is 36.1. The van der Waals surface area contributed by atoms with Crippen molar-refractivity contribution < 1.29 is 24.8 Å². The van der Waals surface area contributed by atoms with Gasteiger partial charge in [0.15, 0.2) is 0 Å². The van der Waals surface area contributed by atoms with Crippen LogP contribution in [0.1, 0.15) is 39.1 Å². The maximum Gasteiger partial charge on any atom is 0.432 e. The Bertz CT molecular complexity index is 285. The van der Waals surface area contributed by atoms with Gasteiger partial charge >= 0.3 is 7.69 Å². The molecule has 0 fully saturated rings. The highest BCUT2D eigenvalue weighted by Crippen LogP contribution is 2.19. The second-order valence-corrected chi connectivity index (χ2v) is 4.84. The Hall–Kier alpha value is -0.885. The topological polar surface area (TPSA) is 107 Å². The number of aromatic nitrogens is 1. The van der Waals surface area contributed by atoms with Crippen molar-refractivity contribution in [2.45, 2.75) is 52.7 Å². The van der Waals surface area contributed by atoms with Crippen LogP contribution in [0.4, 0.5) is 0 Å². The van der Waals surface area contributed by atoms with Crippen LogP contribution in [-0.2, 0) is 0 Å². The molecule has 0 aliphatic carbocycles. The number of hydrogen-bond acceptors (Lipinski definition) is 6. The lowest BCUT2D eigenvalue weighted by Gasteiger charge is -2.31. The largest absolute Gasteiger partial charge is 0.432 e. The highest BCUT2D eigenvalue weighted by molar-refractivity contribution is 6.13. The molecule has 0 amide bonds. The van der Waals surface area contributed by atoms with Gasteiger partial charge in [0.05, 0.1) is 16.9 Å². The van der Waals surface area contributed by atoms with Crippen LogP contribution in [0.15, 0.2) is 10.6 Å². The molecule has 6 nitrogen and oxygen atoms in total. The van der Waals surface area contributed by atoms with Crippen LogP contribution >= 0.6 is 0 Å². The van der Waals surface area contributed by atoms with Crippen LogP contribution in [0.25, 0.3) is 0 Å². The van der Waals surface area contributed by atoms with Gasteiger partial charge in [-0.25, -0.2) is 0 Å². The van der Waals surface area contributed by atoms with E-state index in [-0.39, 0.29) is 0 Å². The molecule has 18 heavy (non-hydrogen) atoms. The fourth-order valence-corrected chi connectivity index (χ4v) is 0.491. The van der Waals surface area contributed by atoms with E-state index < -0.39 is 18.9 Å². The predicted molar refractivity (Wildman–Crippen MR) is 70.2 cm³/mol. The first kappa shape index (κ1) is 19.5. The van der Waals surface area contributed by atoms with Crippen molar-refractivity contribution in [1.29, 1.82) is 0 Å². The quantitative estimate of drug-likeness (QED) is 0.532. The molecule has 7 heteroatoms. The van der Waals surface area contributed by atoms with Crippen molar-refractivity contribution >= 4 is 7.69 Å². The Kier molecular flexibility index (Phi) is 8.93. The van der Waals surface area contributed by atoms with Crippen LogP contribution in [0, 0.1) is 13.8 Å². The average molecular weight is 261 g/mol. The van der Waals surface area contributed by atoms with E-state index in [1.807, 2.05) is 19.9 Å². The van der Waals surface area contributed by atoms with Crippen molar-refractivity contribution in [2.75, 3.05) is 0 Å². The lowest BCUT2D eigenvalue weighted by Crippen LogP contribution is -2.44.